The molecule has 2 aliphatic rings. The lowest BCUT2D eigenvalue weighted by atomic mass is 10.0. The van der Waals surface area contributed by atoms with Crippen LogP contribution in [0.3, 0.4) is 0 Å². The molecule has 0 unspecified atom stereocenters. The Morgan fingerprint density at radius 2 is 1.80 bits per heavy atom. The van der Waals surface area contributed by atoms with E-state index in [4.69, 9.17) is 15.2 Å². The Kier molecular flexibility index (Phi) is 7.87. The van der Waals surface area contributed by atoms with Crippen molar-refractivity contribution in [1.29, 1.82) is 0 Å². The van der Waals surface area contributed by atoms with Crippen LogP contribution >= 0.6 is 0 Å². The smallest absolute Gasteiger partial charge is 0.232 e. The average Bonchev–Trinajstić information content (AvgIpc) is 3.58. The number of sulfonamides is 1. The van der Waals surface area contributed by atoms with E-state index in [1.807, 2.05) is 0 Å². The largest absolute Gasteiger partial charge is 0.433 e. The second-order valence-corrected chi connectivity index (χ2v) is 12.8. The summed E-state index contributed by atoms with van der Waals surface area (Å²) in [7, 11) is -3.81. The van der Waals surface area contributed by atoms with Crippen molar-refractivity contribution in [2.24, 2.45) is 0 Å². The van der Waals surface area contributed by atoms with E-state index in [-0.39, 0.29) is 29.4 Å². The molecule has 1 aliphatic heterocycles. The minimum atomic E-state index is -3.81. The molecule has 14 heteroatoms. The maximum atomic E-state index is 15.4. The first-order valence-corrected chi connectivity index (χ1v) is 15.8. The number of carbonyl (C=O) groups is 1. The molecule has 2 aromatic carbocycles. The van der Waals surface area contributed by atoms with Gasteiger partial charge in [0.1, 0.15) is 11.6 Å². The maximum absolute atomic E-state index is 15.4. The van der Waals surface area contributed by atoms with Crippen LogP contribution in [0, 0.1) is 24.4 Å². The highest BCUT2D eigenvalue weighted by Gasteiger charge is 2.33. The Hall–Kier alpha value is -4.69. The zero-order valence-corrected chi connectivity index (χ0v) is 25.1. The molecule has 45 heavy (non-hydrogen) atoms. The second-order valence-electron chi connectivity index (χ2n) is 10.9. The van der Waals surface area contributed by atoms with Crippen LogP contribution in [0.1, 0.15) is 39.9 Å². The van der Waals surface area contributed by atoms with Gasteiger partial charge in [0.05, 0.1) is 35.6 Å². The van der Waals surface area contributed by atoms with Gasteiger partial charge in [0.25, 0.3) is 0 Å². The van der Waals surface area contributed by atoms with Crippen LogP contribution in [-0.4, -0.2) is 54.5 Å². The first-order chi connectivity index (χ1) is 21.4. The predicted molar refractivity (Wildman–Crippen MR) is 161 cm³/mol. The molecule has 0 spiro atoms. The fraction of sp³-hybridized carbons (Fsp3) is 0.258. The van der Waals surface area contributed by atoms with Crippen molar-refractivity contribution in [3.8, 4) is 17.3 Å². The molecule has 4 aromatic rings. The van der Waals surface area contributed by atoms with E-state index in [0.29, 0.717) is 54.0 Å². The minimum absolute atomic E-state index is 0.0187. The van der Waals surface area contributed by atoms with Crippen molar-refractivity contribution in [3.05, 3.63) is 94.1 Å². The Bertz CT molecular complexity index is 1950. The van der Waals surface area contributed by atoms with E-state index in [1.165, 1.54) is 41.3 Å². The summed E-state index contributed by atoms with van der Waals surface area (Å²) in [6.45, 7) is 2.44. The third-order valence-electron chi connectivity index (χ3n) is 7.79. The lowest BCUT2D eigenvalue weighted by Crippen LogP contribution is -2.43. The number of para-hydroxylation sites is 1. The van der Waals surface area contributed by atoms with Gasteiger partial charge in [-0.2, -0.15) is 5.10 Å². The first-order valence-electron chi connectivity index (χ1n) is 14.0. The van der Waals surface area contributed by atoms with Crippen molar-refractivity contribution in [2.75, 3.05) is 29.5 Å². The normalized spacial score (nSPS) is 15.1. The summed E-state index contributed by atoms with van der Waals surface area (Å²) in [6.07, 6.45) is 6.26. The number of carbonyl (C=O) groups excluding carboxylic acids is 1. The quantitative estimate of drug-likeness (QED) is 0.263. The molecular formula is C31H28F3N5O5S. The van der Waals surface area contributed by atoms with Crippen LogP contribution in [0.5, 0.6) is 11.6 Å². The highest BCUT2D eigenvalue weighted by atomic mass is 32.2. The van der Waals surface area contributed by atoms with E-state index in [2.05, 4.69) is 10.1 Å². The minimum Gasteiger partial charge on any atom is -0.433 e. The molecule has 0 radical (unpaired) electrons. The molecule has 0 saturated carbocycles. The van der Waals surface area contributed by atoms with Gasteiger partial charge in [-0.25, -0.2) is 31.3 Å². The number of Topliss-reactive ketones (excluding diaryl/α,β-unsaturated/α-hetero) is 1. The number of ether oxygens (including phenoxy) is 2. The number of halogens is 3. The van der Waals surface area contributed by atoms with E-state index in [1.54, 1.807) is 13.0 Å². The average molecular weight is 640 g/mol. The molecule has 1 aliphatic carbocycles. The van der Waals surface area contributed by atoms with Crippen LogP contribution in [0.25, 0.3) is 11.8 Å². The summed E-state index contributed by atoms with van der Waals surface area (Å²) < 4.78 is 82.0. The third-order valence-corrected chi connectivity index (χ3v) is 9.00. The number of nitrogens with zero attached hydrogens (tertiary/aromatic N) is 4. The van der Waals surface area contributed by atoms with Crippen LogP contribution < -0.4 is 14.8 Å². The van der Waals surface area contributed by atoms with Crippen molar-refractivity contribution in [3.63, 3.8) is 0 Å². The molecule has 0 amide bonds. The molecule has 0 atom stereocenters. The van der Waals surface area contributed by atoms with Crippen molar-refractivity contribution in [1.82, 2.24) is 14.8 Å². The van der Waals surface area contributed by atoms with Gasteiger partial charge in [0, 0.05) is 37.3 Å². The van der Waals surface area contributed by atoms with Gasteiger partial charge in [-0.15, -0.1) is 0 Å². The zero-order chi connectivity index (χ0) is 32.0. The number of ketones is 1. The summed E-state index contributed by atoms with van der Waals surface area (Å²) in [5.41, 5.74) is 8.72. The van der Waals surface area contributed by atoms with Crippen LogP contribution in [-0.2, 0) is 21.2 Å². The first kappa shape index (κ1) is 30.3. The summed E-state index contributed by atoms with van der Waals surface area (Å²) in [4.78, 5) is 17.7. The van der Waals surface area contributed by atoms with Crippen LogP contribution in [0.4, 0.5) is 24.7 Å². The van der Waals surface area contributed by atoms with Gasteiger partial charge in [0.2, 0.25) is 21.7 Å². The number of nitrogens with two attached hydrogens (primary N) is 1. The molecular weight excluding hydrogens is 611 g/mol. The molecule has 3 heterocycles. The highest BCUT2D eigenvalue weighted by Crippen LogP contribution is 2.36. The van der Waals surface area contributed by atoms with Gasteiger partial charge < -0.3 is 15.2 Å². The number of aryl methyl sites for hydroxylation is 1. The Morgan fingerprint density at radius 3 is 2.47 bits per heavy atom. The van der Waals surface area contributed by atoms with Crippen molar-refractivity contribution < 1.29 is 35.9 Å². The van der Waals surface area contributed by atoms with E-state index in [9.17, 15) is 22.0 Å². The van der Waals surface area contributed by atoms with Gasteiger partial charge in [-0.1, -0.05) is 6.07 Å². The number of anilines is 2. The number of hydrogen-bond donors (Lipinski definition) is 1. The van der Waals surface area contributed by atoms with Crippen LogP contribution in [0.15, 0.2) is 54.4 Å². The monoisotopic (exact) mass is 639 g/mol. The molecule has 1 fully saturated rings. The number of hydrogen-bond acceptors (Lipinski definition) is 8. The van der Waals surface area contributed by atoms with Gasteiger partial charge in [-0.05, 0) is 66.8 Å². The number of benzene rings is 2. The fourth-order valence-corrected chi connectivity index (χ4v) is 6.86. The molecule has 1 saturated heterocycles. The fourth-order valence-electron chi connectivity index (χ4n) is 5.62. The molecule has 2 aromatic heterocycles. The van der Waals surface area contributed by atoms with E-state index < -0.39 is 45.0 Å². The molecule has 234 valence electrons. The maximum Gasteiger partial charge on any atom is 0.232 e. The van der Waals surface area contributed by atoms with Crippen LogP contribution in [0.2, 0.25) is 0 Å². The SMILES string of the molecule is Cc1cc(Oc2c(F)cccc2F)ncc1-n1ncc(C(=O)C2=Cc3cc(F)c(N(C4CCOCC4)S(C)(=O)=O)cc3C2)c1N. The molecule has 0 bridgehead atoms. The third kappa shape index (κ3) is 5.78. The number of fused-ring (bicyclic) bond motifs is 1. The number of aromatic nitrogens is 3. The zero-order valence-electron chi connectivity index (χ0n) is 24.3. The Morgan fingerprint density at radius 1 is 1.09 bits per heavy atom. The van der Waals surface area contributed by atoms with Crippen molar-refractivity contribution >= 4 is 33.4 Å². The van der Waals surface area contributed by atoms with Gasteiger partial charge in [0.15, 0.2) is 17.4 Å². The van der Waals surface area contributed by atoms with E-state index in [0.717, 1.165) is 22.7 Å². The Balaban J connectivity index is 1.24. The summed E-state index contributed by atoms with van der Waals surface area (Å²) in [5.74, 6) is -3.54. The summed E-state index contributed by atoms with van der Waals surface area (Å²) in [5, 5.41) is 4.26. The standard InChI is InChI=1S/C31H28F3N5O5S/c1-17-10-28(44-30-23(32)4-3-5-24(30)33)36-16-27(17)38-31(35)22(15-37-38)29(40)20-11-18-13-25(34)26(14-19(18)12-20)39(45(2,41)42)21-6-8-43-9-7-21/h3-5,10-11,13-16,21H,6-9,12,35H2,1-2H3. The lowest BCUT2D eigenvalue weighted by molar-refractivity contribution is 0.0874. The number of allylic oxidation sites excluding steroid dienone is 1. The van der Waals surface area contributed by atoms with E-state index >= 15 is 4.39 Å². The Labute approximate surface area is 256 Å². The summed E-state index contributed by atoms with van der Waals surface area (Å²) in [6, 6.07) is 7.07. The number of rotatable bonds is 8. The van der Waals surface area contributed by atoms with Gasteiger partial charge in [-0.3, -0.25) is 9.10 Å². The van der Waals surface area contributed by atoms with Gasteiger partial charge >= 0.3 is 0 Å². The lowest BCUT2D eigenvalue weighted by Gasteiger charge is -2.34. The predicted octanol–water partition coefficient (Wildman–Crippen LogP) is 5.13. The highest BCUT2D eigenvalue weighted by molar-refractivity contribution is 7.92. The second kappa shape index (κ2) is 11.7. The molecule has 6 rings (SSSR count). The molecule has 2 N–H and O–H groups in total. The number of nitrogen functional groups attached to an aromatic ring is 1. The van der Waals surface area contributed by atoms with Crippen molar-refractivity contribution in [2.45, 2.75) is 32.2 Å². The summed E-state index contributed by atoms with van der Waals surface area (Å²) >= 11 is 0. The molecule has 10 nitrogen and oxygen atoms in total. The topological polar surface area (TPSA) is 130 Å². The number of pyridine rings is 1.